The van der Waals surface area contributed by atoms with Gasteiger partial charge in [0.15, 0.2) is 0 Å². The number of benzene rings is 1. The van der Waals surface area contributed by atoms with Crippen LogP contribution in [0.15, 0.2) is 12.1 Å². The summed E-state index contributed by atoms with van der Waals surface area (Å²) in [4.78, 5) is 4.85. The number of hydrogen-bond donors (Lipinski definition) is 1. The van der Waals surface area contributed by atoms with Gasteiger partial charge in [0.05, 0.1) is 24.8 Å². The molecule has 0 aliphatic carbocycles. The molecule has 2 rings (SSSR count). The molecule has 82 valence electrons. The van der Waals surface area contributed by atoms with Crippen molar-refractivity contribution in [2.75, 3.05) is 13.7 Å². The summed E-state index contributed by atoms with van der Waals surface area (Å²) in [6.45, 7) is 0.541. The van der Waals surface area contributed by atoms with Gasteiger partial charge in [0.2, 0.25) is 0 Å². The fourth-order valence-electron chi connectivity index (χ4n) is 1.69. The first kappa shape index (κ1) is 10.7. The Bertz CT molecular complexity index is 373. The molecule has 5 heteroatoms. The van der Waals surface area contributed by atoms with Crippen LogP contribution in [0.3, 0.4) is 0 Å². The molecule has 0 saturated carbocycles. The molecule has 1 heterocycles. The Morgan fingerprint density at radius 3 is 3.13 bits per heavy atom. The van der Waals surface area contributed by atoms with Gasteiger partial charge < -0.3 is 9.57 Å². The van der Waals surface area contributed by atoms with Crippen LogP contribution < -0.4 is 10.2 Å². The standard InChI is InChI=1S/C10H11ClFNO2/c1-14-13-9-2-3-15-10-7(9)4-6(12)5-8(10)11/h4-5,9,13H,2-3H2,1H3. The zero-order valence-electron chi connectivity index (χ0n) is 8.22. The van der Waals surface area contributed by atoms with E-state index in [0.29, 0.717) is 22.9 Å². The lowest BCUT2D eigenvalue weighted by Gasteiger charge is -2.26. The molecule has 0 aromatic heterocycles. The Hall–Kier alpha value is -0.840. The lowest BCUT2D eigenvalue weighted by molar-refractivity contribution is 0.0462. The van der Waals surface area contributed by atoms with Crippen molar-refractivity contribution >= 4 is 11.6 Å². The number of nitrogens with one attached hydrogen (secondary N) is 1. The Labute approximate surface area is 92.1 Å². The monoisotopic (exact) mass is 231 g/mol. The van der Waals surface area contributed by atoms with E-state index in [9.17, 15) is 4.39 Å². The minimum atomic E-state index is -0.368. The third kappa shape index (κ3) is 2.07. The topological polar surface area (TPSA) is 30.5 Å². The van der Waals surface area contributed by atoms with Gasteiger partial charge in [-0.3, -0.25) is 0 Å². The van der Waals surface area contributed by atoms with Gasteiger partial charge in [-0.1, -0.05) is 11.6 Å². The third-order valence-electron chi connectivity index (χ3n) is 2.33. The van der Waals surface area contributed by atoms with Gasteiger partial charge in [0, 0.05) is 12.0 Å². The molecular formula is C10H11ClFNO2. The van der Waals surface area contributed by atoms with E-state index in [1.165, 1.54) is 19.2 Å². The number of fused-ring (bicyclic) bond motifs is 1. The maximum atomic E-state index is 13.2. The molecule has 0 saturated heterocycles. The van der Waals surface area contributed by atoms with Crippen molar-refractivity contribution in [3.63, 3.8) is 0 Å². The van der Waals surface area contributed by atoms with Gasteiger partial charge in [0.1, 0.15) is 11.6 Å². The van der Waals surface area contributed by atoms with Crippen molar-refractivity contribution in [3.05, 3.63) is 28.5 Å². The average molecular weight is 232 g/mol. The highest BCUT2D eigenvalue weighted by Gasteiger charge is 2.24. The highest BCUT2D eigenvalue weighted by Crippen LogP contribution is 2.38. The number of hydrogen-bond acceptors (Lipinski definition) is 3. The summed E-state index contributed by atoms with van der Waals surface area (Å²) in [6, 6.07) is 2.58. The summed E-state index contributed by atoms with van der Waals surface area (Å²) >= 11 is 5.88. The van der Waals surface area contributed by atoms with E-state index >= 15 is 0 Å². The van der Waals surface area contributed by atoms with Crippen molar-refractivity contribution in [3.8, 4) is 5.75 Å². The molecule has 1 unspecified atom stereocenters. The van der Waals surface area contributed by atoms with Gasteiger partial charge >= 0.3 is 0 Å². The molecule has 0 fully saturated rings. The normalized spacial score (nSPS) is 19.5. The van der Waals surface area contributed by atoms with E-state index in [1.54, 1.807) is 0 Å². The summed E-state index contributed by atoms with van der Waals surface area (Å²) < 4.78 is 18.6. The SMILES string of the molecule is CONC1CCOc2c(Cl)cc(F)cc21. The molecule has 1 aromatic carbocycles. The molecule has 1 aliphatic heterocycles. The van der Waals surface area contributed by atoms with Crippen LogP contribution in [-0.4, -0.2) is 13.7 Å². The number of ether oxygens (including phenoxy) is 1. The molecule has 3 nitrogen and oxygen atoms in total. The largest absolute Gasteiger partial charge is 0.492 e. The maximum absolute atomic E-state index is 13.2. The first-order valence-electron chi connectivity index (χ1n) is 4.62. The third-order valence-corrected chi connectivity index (χ3v) is 2.61. The first-order valence-corrected chi connectivity index (χ1v) is 5.00. The van der Waals surface area contributed by atoms with Crippen molar-refractivity contribution < 1.29 is 14.0 Å². The molecule has 15 heavy (non-hydrogen) atoms. The van der Waals surface area contributed by atoms with Gasteiger partial charge in [-0.05, 0) is 12.1 Å². The molecule has 1 aromatic rings. The second-order valence-corrected chi connectivity index (χ2v) is 3.72. The molecule has 0 radical (unpaired) electrons. The lowest BCUT2D eigenvalue weighted by atomic mass is 10.0. The lowest BCUT2D eigenvalue weighted by Crippen LogP contribution is -2.26. The van der Waals surface area contributed by atoms with Crippen LogP contribution in [-0.2, 0) is 4.84 Å². The summed E-state index contributed by atoms with van der Waals surface area (Å²) in [6.07, 6.45) is 0.723. The minimum Gasteiger partial charge on any atom is -0.492 e. The Balaban J connectivity index is 2.41. The zero-order chi connectivity index (χ0) is 10.8. The summed E-state index contributed by atoms with van der Waals surface area (Å²) in [5.74, 6) is 0.172. The summed E-state index contributed by atoms with van der Waals surface area (Å²) in [5, 5.41) is 0.299. The van der Waals surface area contributed by atoms with E-state index in [4.69, 9.17) is 21.2 Å². The molecule has 0 bridgehead atoms. The van der Waals surface area contributed by atoms with Crippen molar-refractivity contribution in [2.24, 2.45) is 0 Å². The summed E-state index contributed by atoms with van der Waals surface area (Å²) in [7, 11) is 1.52. The molecule has 0 amide bonds. The minimum absolute atomic E-state index is 0.0769. The number of halogens is 2. The predicted molar refractivity (Wildman–Crippen MR) is 54.4 cm³/mol. The van der Waals surface area contributed by atoms with Crippen molar-refractivity contribution in [1.29, 1.82) is 0 Å². The number of hydroxylamine groups is 1. The quantitative estimate of drug-likeness (QED) is 0.794. The van der Waals surface area contributed by atoms with Gasteiger partial charge in [-0.25, -0.2) is 4.39 Å². The molecule has 1 atom stereocenters. The molecular weight excluding hydrogens is 221 g/mol. The van der Waals surface area contributed by atoms with Gasteiger partial charge in [0.25, 0.3) is 0 Å². The molecule has 0 spiro atoms. The Kier molecular flexibility index (Phi) is 3.09. The van der Waals surface area contributed by atoms with Crippen molar-refractivity contribution in [2.45, 2.75) is 12.5 Å². The van der Waals surface area contributed by atoms with Crippen LogP contribution >= 0.6 is 11.6 Å². The summed E-state index contributed by atoms with van der Waals surface area (Å²) in [5.41, 5.74) is 3.49. The van der Waals surface area contributed by atoms with Crippen LogP contribution in [0.5, 0.6) is 5.75 Å². The van der Waals surface area contributed by atoms with Crippen molar-refractivity contribution in [1.82, 2.24) is 5.48 Å². The van der Waals surface area contributed by atoms with Crippen LogP contribution in [0, 0.1) is 5.82 Å². The second-order valence-electron chi connectivity index (χ2n) is 3.32. The number of rotatable bonds is 2. The average Bonchev–Trinajstić information content (AvgIpc) is 2.19. The fourth-order valence-corrected chi connectivity index (χ4v) is 1.96. The fraction of sp³-hybridized carbons (Fsp3) is 0.400. The van der Waals surface area contributed by atoms with E-state index in [1.807, 2.05) is 0 Å². The molecule has 1 N–H and O–H groups in total. The Morgan fingerprint density at radius 1 is 1.60 bits per heavy atom. The first-order chi connectivity index (χ1) is 7.22. The van der Waals surface area contributed by atoms with E-state index < -0.39 is 0 Å². The zero-order valence-corrected chi connectivity index (χ0v) is 8.97. The second kappa shape index (κ2) is 4.35. The maximum Gasteiger partial charge on any atom is 0.142 e. The highest BCUT2D eigenvalue weighted by molar-refractivity contribution is 6.32. The van der Waals surface area contributed by atoms with Crippen LogP contribution in [0.1, 0.15) is 18.0 Å². The highest BCUT2D eigenvalue weighted by atomic mass is 35.5. The van der Waals surface area contributed by atoms with Crippen LogP contribution in [0.4, 0.5) is 4.39 Å². The Morgan fingerprint density at radius 2 is 2.40 bits per heavy atom. The van der Waals surface area contributed by atoms with Gasteiger partial charge in [-0.2, -0.15) is 5.48 Å². The molecule has 1 aliphatic rings. The van der Waals surface area contributed by atoms with E-state index in [-0.39, 0.29) is 11.9 Å². The van der Waals surface area contributed by atoms with Crippen LogP contribution in [0.25, 0.3) is 0 Å². The van der Waals surface area contributed by atoms with Gasteiger partial charge in [-0.15, -0.1) is 0 Å². The van der Waals surface area contributed by atoms with Crippen LogP contribution in [0.2, 0.25) is 5.02 Å². The predicted octanol–water partition coefficient (Wildman–Crippen LogP) is 2.45. The van der Waals surface area contributed by atoms with E-state index in [0.717, 1.165) is 6.42 Å². The smallest absolute Gasteiger partial charge is 0.142 e. The van der Waals surface area contributed by atoms with E-state index in [2.05, 4.69) is 5.48 Å².